The number of aromatic nitrogens is 1. The van der Waals surface area contributed by atoms with Gasteiger partial charge in [-0.3, -0.25) is 9.80 Å². The fraction of sp³-hybridized carbons (Fsp3) is 0.350. The van der Waals surface area contributed by atoms with Crippen molar-refractivity contribution in [1.29, 1.82) is 0 Å². The number of ether oxygens (including phenoxy) is 3. The summed E-state index contributed by atoms with van der Waals surface area (Å²) in [5, 5.41) is 9.25. The Morgan fingerprint density at radius 3 is 2.39 bits per heavy atom. The number of aliphatic hydroxyl groups excluding tert-OH is 1. The molecule has 2 unspecified atom stereocenters. The van der Waals surface area contributed by atoms with Crippen molar-refractivity contribution in [2.45, 2.75) is 12.2 Å². The van der Waals surface area contributed by atoms with Crippen molar-refractivity contribution in [2.24, 2.45) is 0 Å². The minimum Gasteiger partial charge on any atom is -0.495 e. The summed E-state index contributed by atoms with van der Waals surface area (Å²) in [7, 11) is -1.03. The standard InChI is InChI=1S/C20H22N3O9P/c1-29-17-6-12(2-4-16(17)22-8-14(10-24)31-19(22)25)13-3-5-18(21-7-13)23-9-15(32-20(23)26)11-30-33(27)28/h2-7,14-15,24,27-28H,8-11H2,1H3. The van der Waals surface area contributed by atoms with E-state index in [4.69, 9.17) is 28.5 Å². The lowest BCUT2D eigenvalue weighted by Gasteiger charge is -2.18. The zero-order valence-electron chi connectivity index (χ0n) is 17.5. The van der Waals surface area contributed by atoms with Gasteiger partial charge in [-0.05, 0) is 29.8 Å². The zero-order chi connectivity index (χ0) is 23.5. The normalized spacial score (nSPS) is 20.4. The van der Waals surface area contributed by atoms with Crippen LogP contribution in [-0.4, -0.2) is 77.7 Å². The van der Waals surface area contributed by atoms with E-state index in [1.165, 1.54) is 16.9 Å². The molecule has 1 aromatic carbocycles. The van der Waals surface area contributed by atoms with Gasteiger partial charge in [-0.1, -0.05) is 6.07 Å². The summed E-state index contributed by atoms with van der Waals surface area (Å²) in [6.07, 6.45) is -0.789. The van der Waals surface area contributed by atoms with Gasteiger partial charge in [-0.15, -0.1) is 0 Å². The average Bonchev–Trinajstić information content (AvgIpc) is 3.39. The predicted molar refractivity (Wildman–Crippen MR) is 116 cm³/mol. The van der Waals surface area contributed by atoms with Crippen LogP contribution in [0, 0.1) is 0 Å². The van der Waals surface area contributed by atoms with Crippen LogP contribution < -0.4 is 14.5 Å². The molecule has 176 valence electrons. The highest BCUT2D eigenvalue weighted by Gasteiger charge is 2.35. The average molecular weight is 479 g/mol. The van der Waals surface area contributed by atoms with Crippen molar-refractivity contribution in [2.75, 3.05) is 43.2 Å². The summed E-state index contributed by atoms with van der Waals surface area (Å²) in [5.74, 6) is 0.825. The number of carbonyl (C=O) groups is 2. The van der Waals surface area contributed by atoms with Gasteiger partial charge in [0.25, 0.3) is 0 Å². The predicted octanol–water partition coefficient (Wildman–Crippen LogP) is 1.63. The molecule has 0 spiro atoms. The van der Waals surface area contributed by atoms with E-state index in [1.807, 2.05) is 0 Å². The van der Waals surface area contributed by atoms with Gasteiger partial charge in [-0.2, -0.15) is 0 Å². The van der Waals surface area contributed by atoms with Crippen molar-refractivity contribution < 1.29 is 43.2 Å². The molecule has 3 N–H and O–H groups in total. The van der Waals surface area contributed by atoms with Gasteiger partial charge < -0.3 is 33.6 Å². The smallest absolute Gasteiger partial charge is 0.416 e. The second-order valence-electron chi connectivity index (χ2n) is 7.26. The first-order valence-electron chi connectivity index (χ1n) is 9.92. The number of methoxy groups -OCH3 is 1. The monoisotopic (exact) mass is 479 g/mol. The number of hydrogen-bond donors (Lipinski definition) is 3. The molecule has 33 heavy (non-hydrogen) atoms. The molecule has 2 saturated heterocycles. The maximum absolute atomic E-state index is 12.1. The number of anilines is 2. The van der Waals surface area contributed by atoms with E-state index < -0.39 is 33.0 Å². The minimum absolute atomic E-state index is 0.130. The van der Waals surface area contributed by atoms with Gasteiger partial charge in [0.15, 0.2) is 0 Å². The molecule has 0 radical (unpaired) electrons. The van der Waals surface area contributed by atoms with E-state index in [2.05, 4.69) is 4.98 Å². The van der Waals surface area contributed by atoms with Crippen LogP contribution in [0.4, 0.5) is 21.1 Å². The quantitative estimate of drug-likeness (QED) is 0.477. The number of amides is 2. The maximum atomic E-state index is 12.1. The third-order valence-electron chi connectivity index (χ3n) is 5.16. The van der Waals surface area contributed by atoms with Crippen LogP contribution in [0.5, 0.6) is 5.75 Å². The van der Waals surface area contributed by atoms with Crippen LogP contribution in [-0.2, 0) is 14.0 Å². The Morgan fingerprint density at radius 1 is 1.06 bits per heavy atom. The number of nitrogens with zero attached hydrogens (tertiary/aromatic N) is 3. The molecule has 1 aromatic heterocycles. The Kier molecular flexibility index (Phi) is 6.91. The molecule has 2 aliphatic heterocycles. The molecule has 2 aromatic rings. The van der Waals surface area contributed by atoms with Gasteiger partial charge in [0.05, 0.1) is 39.1 Å². The Balaban J connectivity index is 1.49. The van der Waals surface area contributed by atoms with E-state index in [-0.39, 0.29) is 26.3 Å². The zero-order valence-corrected chi connectivity index (χ0v) is 18.4. The number of pyridine rings is 1. The third-order valence-corrected chi connectivity index (χ3v) is 5.54. The third kappa shape index (κ3) is 5.00. The molecule has 4 rings (SSSR count). The van der Waals surface area contributed by atoms with Gasteiger partial charge in [0, 0.05) is 11.8 Å². The lowest BCUT2D eigenvalue weighted by molar-refractivity contribution is 0.0963. The van der Waals surface area contributed by atoms with Crippen LogP contribution in [0.3, 0.4) is 0 Å². The summed E-state index contributed by atoms with van der Waals surface area (Å²) in [6, 6.07) is 8.72. The van der Waals surface area contributed by atoms with Crippen LogP contribution >= 0.6 is 8.60 Å². The van der Waals surface area contributed by atoms with Gasteiger partial charge in [0.1, 0.15) is 23.8 Å². The first-order valence-corrected chi connectivity index (χ1v) is 11.1. The van der Waals surface area contributed by atoms with Crippen LogP contribution in [0.2, 0.25) is 0 Å². The van der Waals surface area contributed by atoms with E-state index in [9.17, 15) is 14.7 Å². The van der Waals surface area contributed by atoms with Gasteiger partial charge in [0.2, 0.25) is 0 Å². The summed E-state index contributed by atoms with van der Waals surface area (Å²) in [4.78, 5) is 49.0. The number of aliphatic hydroxyl groups is 1. The SMILES string of the molecule is COc1cc(-c2ccc(N3CC(COP(O)O)OC3=O)nc2)ccc1N1CC(CO)OC1=O. The molecule has 0 saturated carbocycles. The minimum atomic E-state index is -2.52. The summed E-state index contributed by atoms with van der Waals surface area (Å²) in [6.45, 7) is -0.00679. The van der Waals surface area contributed by atoms with E-state index >= 15 is 0 Å². The fourth-order valence-corrected chi connectivity index (χ4v) is 3.85. The highest BCUT2D eigenvalue weighted by Crippen LogP contribution is 2.36. The second kappa shape index (κ2) is 9.86. The number of rotatable bonds is 8. The molecular weight excluding hydrogens is 457 g/mol. The largest absolute Gasteiger partial charge is 0.495 e. The maximum Gasteiger partial charge on any atom is 0.416 e. The summed E-state index contributed by atoms with van der Waals surface area (Å²) >= 11 is 0. The molecule has 2 atom stereocenters. The lowest BCUT2D eigenvalue weighted by atomic mass is 10.1. The van der Waals surface area contributed by atoms with Crippen molar-refractivity contribution in [3.05, 3.63) is 36.5 Å². The lowest BCUT2D eigenvalue weighted by Crippen LogP contribution is -2.26. The molecular formula is C20H22N3O9P. The molecule has 12 nitrogen and oxygen atoms in total. The number of cyclic esters (lactones) is 2. The van der Waals surface area contributed by atoms with E-state index in [1.54, 1.807) is 36.5 Å². The highest BCUT2D eigenvalue weighted by molar-refractivity contribution is 7.39. The Labute approximate surface area is 189 Å². The molecule has 3 heterocycles. The van der Waals surface area contributed by atoms with E-state index in [0.29, 0.717) is 17.3 Å². The Morgan fingerprint density at radius 2 is 1.76 bits per heavy atom. The first kappa shape index (κ1) is 23.1. The molecule has 0 bridgehead atoms. The topological polar surface area (TPSA) is 151 Å². The van der Waals surface area contributed by atoms with Crippen molar-refractivity contribution in [3.8, 4) is 16.9 Å². The number of benzene rings is 1. The number of hydrogen-bond acceptors (Lipinski definition) is 10. The van der Waals surface area contributed by atoms with Crippen LogP contribution in [0.15, 0.2) is 36.5 Å². The van der Waals surface area contributed by atoms with Gasteiger partial charge >= 0.3 is 20.8 Å². The Hall–Kier alpha value is -3.02. The van der Waals surface area contributed by atoms with Gasteiger partial charge in [-0.25, -0.2) is 14.6 Å². The van der Waals surface area contributed by atoms with Crippen LogP contribution in [0.1, 0.15) is 0 Å². The Bertz CT molecular complexity index is 1020. The fourth-order valence-electron chi connectivity index (χ4n) is 3.56. The summed E-state index contributed by atoms with van der Waals surface area (Å²) < 4.78 is 20.4. The number of carbonyl (C=O) groups excluding carboxylic acids is 2. The molecule has 2 fully saturated rings. The van der Waals surface area contributed by atoms with Crippen molar-refractivity contribution >= 4 is 32.3 Å². The summed E-state index contributed by atoms with van der Waals surface area (Å²) in [5.41, 5.74) is 2.05. The molecule has 2 amide bonds. The van der Waals surface area contributed by atoms with Crippen molar-refractivity contribution in [1.82, 2.24) is 4.98 Å². The molecule has 2 aliphatic rings. The first-order chi connectivity index (χ1) is 15.9. The molecule has 0 aliphatic carbocycles. The van der Waals surface area contributed by atoms with Crippen molar-refractivity contribution in [3.63, 3.8) is 0 Å². The van der Waals surface area contributed by atoms with E-state index in [0.717, 1.165) is 11.1 Å². The highest BCUT2D eigenvalue weighted by atomic mass is 31.2. The second-order valence-corrected chi connectivity index (χ2v) is 8.02. The molecule has 13 heteroatoms. The van der Waals surface area contributed by atoms with Crippen LogP contribution in [0.25, 0.3) is 11.1 Å².